The molecular formula is C19H17BrFN3O4S. The molecule has 0 aliphatic carbocycles. The highest BCUT2D eigenvalue weighted by Crippen LogP contribution is 2.40. The summed E-state index contributed by atoms with van der Waals surface area (Å²) in [4.78, 5) is 3.18. The number of hydrogen-bond donors (Lipinski definition) is 1. The molecular weight excluding hydrogens is 465 g/mol. The van der Waals surface area contributed by atoms with Crippen molar-refractivity contribution >= 4 is 27.7 Å². The van der Waals surface area contributed by atoms with Crippen LogP contribution in [0.25, 0.3) is 10.4 Å². The molecule has 2 aliphatic rings. The minimum Gasteiger partial charge on any atom is -0.389 e. The Morgan fingerprint density at radius 3 is 2.76 bits per heavy atom. The number of azide groups is 1. The second-order valence-corrected chi connectivity index (χ2v) is 8.65. The van der Waals surface area contributed by atoms with E-state index < -0.39 is 41.9 Å². The lowest BCUT2D eigenvalue weighted by Gasteiger charge is -2.46. The summed E-state index contributed by atoms with van der Waals surface area (Å²) in [5.74, 6) is -0.434. The molecule has 1 N–H and O–H groups in total. The molecule has 0 saturated carbocycles. The smallest absolute Gasteiger partial charge is 0.184 e. The van der Waals surface area contributed by atoms with Crippen LogP contribution in [0.4, 0.5) is 4.39 Å². The van der Waals surface area contributed by atoms with Gasteiger partial charge in [-0.3, -0.25) is 0 Å². The predicted molar refractivity (Wildman–Crippen MR) is 108 cm³/mol. The summed E-state index contributed by atoms with van der Waals surface area (Å²) in [5.41, 5.74) is 8.97. The van der Waals surface area contributed by atoms with Crippen molar-refractivity contribution in [1.82, 2.24) is 0 Å². The number of halogens is 2. The first-order valence-corrected chi connectivity index (χ1v) is 10.6. The number of aliphatic hydroxyl groups is 1. The van der Waals surface area contributed by atoms with Gasteiger partial charge in [0.2, 0.25) is 0 Å². The minimum absolute atomic E-state index is 0.187. The van der Waals surface area contributed by atoms with E-state index in [4.69, 9.17) is 19.7 Å². The summed E-state index contributed by atoms with van der Waals surface area (Å²) in [6, 6.07) is 13.0. The Morgan fingerprint density at radius 1 is 1.21 bits per heavy atom. The molecule has 6 atom stereocenters. The van der Waals surface area contributed by atoms with Crippen LogP contribution < -0.4 is 0 Å². The van der Waals surface area contributed by atoms with E-state index in [1.54, 1.807) is 12.1 Å². The summed E-state index contributed by atoms with van der Waals surface area (Å²) in [6.45, 7) is 0.187. The van der Waals surface area contributed by atoms with E-state index in [9.17, 15) is 9.50 Å². The molecule has 4 rings (SSSR count). The summed E-state index contributed by atoms with van der Waals surface area (Å²) < 4.78 is 32.6. The van der Waals surface area contributed by atoms with Crippen LogP contribution in [0.1, 0.15) is 11.9 Å². The van der Waals surface area contributed by atoms with Crippen molar-refractivity contribution in [2.24, 2.45) is 5.11 Å². The van der Waals surface area contributed by atoms with E-state index in [0.717, 1.165) is 17.3 Å². The van der Waals surface area contributed by atoms with E-state index in [2.05, 4.69) is 26.0 Å². The van der Waals surface area contributed by atoms with Gasteiger partial charge in [0.1, 0.15) is 29.6 Å². The highest BCUT2D eigenvalue weighted by Gasteiger charge is 2.49. The summed E-state index contributed by atoms with van der Waals surface area (Å²) >= 11 is 4.33. The first-order chi connectivity index (χ1) is 14.1. The number of hydrogen-bond acceptors (Lipinski definition) is 6. The Kier molecular flexibility index (Phi) is 6.41. The molecule has 0 amide bonds. The fourth-order valence-electron chi connectivity index (χ4n) is 3.34. The van der Waals surface area contributed by atoms with Crippen molar-refractivity contribution < 1.29 is 23.7 Å². The highest BCUT2D eigenvalue weighted by molar-refractivity contribution is 9.10. The monoisotopic (exact) mass is 481 g/mol. The predicted octanol–water partition coefficient (Wildman–Crippen LogP) is 4.56. The number of nitrogens with zero attached hydrogens (tertiary/aromatic N) is 3. The molecule has 2 saturated heterocycles. The Morgan fingerprint density at radius 2 is 2.00 bits per heavy atom. The third kappa shape index (κ3) is 4.44. The van der Waals surface area contributed by atoms with Gasteiger partial charge in [0.05, 0.1) is 12.6 Å². The van der Waals surface area contributed by atoms with Crippen LogP contribution >= 0.6 is 27.7 Å². The lowest BCUT2D eigenvalue weighted by atomic mass is 9.97. The van der Waals surface area contributed by atoms with Crippen molar-refractivity contribution in [1.29, 1.82) is 0 Å². The van der Waals surface area contributed by atoms with Crippen LogP contribution in [0.3, 0.4) is 0 Å². The van der Waals surface area contributed by atoms with Crippen LogP contribution in [0.15, 0.2) is 63.0 Å². The molecule has 2 aromatic rings. The van der Waals surface area contributed by atoms with Crippen LogP contribution in [0, 0.1) is 5.82 Å². The molecule has 0 radical (unpaired) electrons. The summed E-state index contributed by atoms with van der Waals surface area (Å²) in [6.07, 6.45) is -3.10. The Hall–Kier alpha value is -1.65. The highest BCUT2D eigenvalue weighted by atomic mass is 79.9. The second kappa shape index (κ2) is 9.01. The van der Waals surface area contributed by atoms with Gasteiger partial charge < -0.3 is 19.3 Å². The zero-order valence-electron chi connectivity index (χ0n) is 15.0. The average Bonchev–Trinajstić information content (AvgIpc) is 2.74. The molecule has 2 aliphatic heterocycles. The topological polar surface area (TPSA) is 96.7 Å². The third-order valence-corrected chi connectivity index (χ3v) is 6.41. The van der Waals surface area contributed by atoms with E-state index in [1.165, 1.54) is 6.07 Å². The largest absolute Gasteiger partial charge is 0.389 e. The third-order valence-electron chi connectivity index (χ3n) is 4.73. The Balaban J connectivity index is 1.56. The average molecular weight is 482 g/mol. The van der Waals surface area contributed by atoms with Gasteiger partial charge in [-0.25, -0.2) is 4.39 Å². The van der Waals surface area contributed by atoms with Crippen molar-refractivity contribution in [3.8, 4) is 0 Å². The van der Waals surface area contributed by atoms with Crippen molar-refractivity contribution in [3.05, 3.63) is 74.8 Å². The van der Waals surface area contributed by atoms with Gasteiger partial charge in [-0.15, -0.1) is 0 Å². The molecule has 0 bridgehead atoms. The fourth-order valence-corrected chi connectivity index (χ4v) is 4.98. The van der Waals surface area contributed by atoms with Crippen molar-refractivity contribution in [2.75, 3.05) is 6.61 Å². The second-order valence-electron chi connectivity index (χ2n) is 6.60. The van der Waals surface area contributed by atoms with E-state index in [-0.39, 0.29) is 6.61 Å². The SMILES string of the molecule is [N-]=[N+]=N[C@@H]1C(O)[C@@H](Sc2cc(Br)ccc2F)OC2COC(c3ccccc3)O[C@@H]21. The normalized spacial score (nSPS) is 31.6. The maximum Gasteiger partial charge on any atom is 0.184 e. The molecule has 2 fully saturated rings. The van der Waals surface area contributed by atoms with Gasteiger partial charge in [0, 0.05) is 19.8 Å². The molecule has 10 heteroatoms. The zero-order chi connectivity index (χ0) is 20.4. The van der Waals surface area contributed by atoms with Gasteiger partial charge in [-0.05, 0) is 23.7 Å². The maximum absolute atomic E-state index is 14.2. The number of aliphatic hydroxyl groups excluding tert-OH is 1. The van der Waals surface area contributed by atoms with Crippen molar-refractivity contribution in [2.45, 2.75) is 41.0 Å². The first kappa shape index (κ1) is 20.6. The van der Waals surface area contributed by atoms with Gasteiger partial charge in [0.15, 0.2) is 6.29 Å². The van der Waals surface area contributed by atoms with Gasteiger partial charge >= 0.3 is 0 Å². The van der Waals surface area contributed by atoms with Crippen molar-refractivity contribution in [3.63, 3.8) is 0 Å². The number of benzene rings is 2. The Bertz CT molecular complexity index is 918. The van der Waals surface area contributed by atoms with Crippen LogP contribution in [-0.4, -0.2) is 41.5 Å². The molecule has 152 valence electrons. The standard InChI is InChI=1S/C19H17BrFN3O4S/c20-11-6-7-12(21)14(8-11)29-19-16(25)15(23-24-22)17-13(27-19)9-26-18(28-17)10-4-2-1-3-5-10/h1-8,13,15-19,25H,9H2/t13?,15-,16?,17+,18?,19-/m1/s1. The van der Waals surface area contributed by atoms with Crippen LogP contribution in [0.2, 0.25) is 0 Å². The van der Waals surface area contributed by atoms with Crippen LogP contribution in [0.5, 0.6) is 0 Å². The molecule has 3 unspecified atom stereocenters. The Labute approximate surface area is 178 Å². The molecule has 2 aromatic carbocycles. The molecule has 29 heavy (non-hydrogen) atoms. The fraction of sp³-hybridized carbons (Fsp3) is 0.368. The molecule has 0 spiro atoms. The first-order valence-electron chi connectivity index (χ1n) is 8.88. The summed E-state index contributed by atoms with van der Waals surface area (Å²) in [5, 5.41) is 14.6. The van der Waals surface area contributed by atoms with E-state index >= 15 is 0 Å². The maximum atomic E-state index is 14.2. The van der Waals surface area contributed by atoms with E-state index in [1.807, 2.05) is 30.3 Å². The number of ether oxygens (including phenoxy) is 3. The van der Waals surface area contributed by atoms with Crippen LogP contribution in [-0.2, 0) is 14.2 Å². The minimum atomic E-state index is -1.19. The lowest BCUT2D eigenvalue weighted by Crippen LogP contribution is -2.60. The number of rotatable bonds is 4. The van der Waals surface area contributed by atoms with Gasteiger partial charge in [-0.1, -0.05) is 63.1 Å². The zero-order valence-corrected chi connectivity index (χ0v) is 17.4. The summed E-state index contributed by atoms with van der Waals surface area (Å²) in [7, 11) is 0. The van der Waals surface area contributed by atoms with Gasteiger partial charge in [-0.2, -0.15) is 0 Å². The molecule has 2 heterocycles. The van der Waals surface area contributed by atoms with Gasteiger partial charge in [0.25, 0.3) is 0 Å². The molecule has 7 nitrogen and oxygen atoms in total. The quantitative estimate of drug-likeness (QED) is 0.392. The molecule has 0 aromatic heterocycles. The van der Waals surface area contributed by atoms with E-state index in [0.29, 0.717) is 9.37 Å². The number of thioether (sulfide) groups is 1. The lowest BCUT2D eigenvalue weighted by molar-refractivity contribution is -0.297. The number of fused-ring (bicyclic) bond motifs is 1.